The summed E-state index contributed by atoms with van der Waals surface area (Å²) in [6.07, 6.45) is 0. The Balaban J connectivity index is 1.23. The lowest BCUT2D eigenvalue weighted by molar-refractivity contribution is 0.0849. The molecule has 0 saturated heterocycles. The number of anilines is 4. The molecule has 20 heteroatoms. The van der Waals surface area contributed by atoms with E-state index in [1.54, 1.807) is 121 Å². The standard InChI is InChI=1S/C80H56Cl4N4O12/c81-53-21-29-57(30-22-53)85(97)77(93)49-37-61-69(45-13-5-1-6-14-45)62-38-50(78(94)86(98)58-31-23-54(82)24-32-58)40-64(74(62)90)71(47-17-9-3-10-18-47)66-42-52(80(96)88(100)60-35-27-56(84)28-36-60)44-68(76(66)92)72(48-19-11-4-12-20-48)67-43-51(79(95)87(99)59-33-25-55(83)26-34-59)41-65(75(67)91)70(63(39-49)73(61)89)46-15-7-2-8-16-46/h1-44,69-72,89-92,97-100H. The predicted octanol–water partition coefficient (Wildman–Crippen LogP) is 18.3. The maximum Gasteiger partial charge on any atom is 0.282 e. The van der Waals surface area contributed by atoms with Crippen LogP contribution in [0.5, 0.6) is 23.0 Å². The smallest absolute Gasteiger partial charge is 0.282 e. The van der Waals surface area contributed by atoms with Crippen molar-refractivity contribution in [2.45, 2.75) is 23.7 Å². The van der Waals surface area contributed by atoms with Crippen LogP contribution in [0.4, 0.5) is 22.7 Å². The van der Waals surface area contributed by atoms with Crippen LogP contribution in [-0.2, 0) is 0 Å². The van der Waals surface area contributed by atoms with Crippen LogP contribution in [0.15, 0.2) is 267 Å². The van der Waals surface area contributed by atoms with Crippen LogP contribution in [0.2, 0.25) is 20.1 Å². The van der Waals surface area contributed by atoms with E-state index in [9.17, 15) is 41.3 Å². The highest BCUT2D eigenvalue weighted by atomic mass is 35.5. The molecule has 496 valence electrons. The summed E-state index contributed by atoms with van der Waals surface area (Å²) in [6.45, 7) is 0. The summed E-state index contributed by atoms with van der Waals surface area (Å²) in [5.41, 5.74) is -1.37. The third-order valence-electron chi connectivity index (χ3n) is 17.7. The molecule has 0 fully saturated rings. The fourth-order valence-electron chi connectivity index (χ4n) is 13.0. The zero-order valence-electron chi connectivity index (χ0n) is 52.2. The van der Waals surface area contributed by atoms with Crippen LogP contribution in [0.3, 0.4) is 0 Å². The van der Waals surface area contributed by atoms with E-state index < -0.39 is 70.3 Å². The van der Waals surface area contributed by atoms with Gasteiger partial charge >= 0.3 is 0 Å². The van der Waals surface area contributed by atoms with Gasteiger partial charge in [-0.2, -0.15) is 20.3 Å². The lowest BCUT2D eigenvalue weighted by atomic mass is 9.73. The van der Waals surface area contributed by atoms with Crippen molar-refractivity contribution in [3.8, 4) is 23.0 Å². The lowest BCUT2D eigenvalue weighted by Gasteiger charge is -2.32. The molecule has 0 unspecified atom stereocenters. The van der Waals surface area contributed by atoms with E-state index in [1.807, 2.05) is 0 Å². The number of rotatable bonds is 12. The molecule has 0 aromatic heterocycles. The lowest BCUT2D eigenvalue weighted by Crippen LogP contribution is -2.28. The molecule has 100 heavy (non-hydrogen) atoms. The van der Waals surface area contributed by atoms with Gasteiger partial charge in [-0.3, -0.25) is 40.0 Å². The number of benzene rings is 12. The van der Waals surface area contributed by atoms with E-state index in [4.69, 9.17) is 46.4 Å². The minimum absolute atomic E-state index is 0.0309. The quantitative estimate of drug-likeness (QED) is 0.0421. The minimum atomic E-state index is -1.51. The highest BCUT2D eigenvalue weighted by Crippen LogP contribution is 2.55. The Bertz CT molecular complexity index is 4360. The normalized spacial score (nSPS) is 14.7. The van der Waals surface area contributed by atoms with E-state index in [-0.39, 0.29) is 110 Å². The number of phenolic OH excluding ortho intramolecular Hbond substituents is 4. The largest absolute Gasteiger partial charge is 0.507 e. The third-order valence-corrected chi connectivity index (χ3v) is 18.7. The van der Waals surface area contributed by atoms with E-state index in [2.05, 4.69) is 0 Å². The van der Waals surface area contributed by atoms with Crippen LogP contribution < -0.4 is 20.3 Å². The summed E-state index contributed by atoms with van der Waals surface area (Å²) in [7, 11) is 0. The first-order valence-electron chi connectivity index (χ1n) is 31.1. The van der Waals surface area contributed by atoms with Crippen molar-refractivity contribution in [1.29, 1.82) is 0 Å². The van der Waals surface area contributed by atoms with Gasteiger partial charge in [0.15, 0.2) is 0 Å². The Morgan fingerprint density at radius 1 is 0.240 bits per heavy atom. The van der Waals surface area contributed by atoms with Crippen LogP contribution in [0, 0.1) is 0 Å². The monoisotopic (exact) mass is 1400 g/mol. The molecule has 0 aliphatic heterocycles. The summed E-state index contributed by atoms with van der Waals surface area (Å²) in [4.78, 5) is 62.1. The second kappa shape index (κ2) is 28.3. The Kier molecular flexibility index (Phi) is 19.0. The number of amides is 4. The Morgan fingerprint density at radius 3 is 0.540 bits per heavy atom. The molecule has 0 spiro atoms. The number of fused-ring (bicyclic) bond motifs is 8. The number of aromatic hydroxyl groups is 4. The molecule has 8 N–H and O–H groups in total. The number of hydrogen-bond acceptors (Lipinski definition) is 12. The molecule has 16 nitrogen and oxygen atoms in total. The van der Waals surface area contributed by atoms with Crippen molar-refractivity contribution in [3.63, 3.8) is 0 Å². The van der Waals surface area contributed by atoms with Crippen molar-refractivity contribution in [1.82, 2.24) is 0 Å². The highest BCUT2D eigenvalue weighted by molar-refractivity contribution is 6.31. The summed E-state index contributed by atoms with van der Waals surface area (Å²) < 4.78 is 0. The minimum Gasteiger partial charge on any atom is -0.507 e. The number of nitrogens with zero attached hydrogens (tertiary/aromatic N) is 4. The average Bonchev–Trinajstić information content (AvgIpc) is 0.733. The molecule has 4 amide bonds. The molecule has 0 atom stereocenters. The van der Waals surface area contributed by atoms with E-state index in [0.717, 1.165) is 0 Å². The van der Waals surface area contributed by atoms with Gasteiger partial charge in [0, 0.05) is 111 Å². The van der Waals surface area contributed by atoms with Crippen LogP contribution >= 0.6 is 46.4 Å². The van der Waals surface area contributed by atoms with Gasteiger partial charge in [0.25, 0.3) is 23.6 Å². The molecule has 1 aliphatic rings. The van der Waals surface area contributed by atoms with Crippen LogP contribution in [0.1, 0.15) is 132 Å². The number of hydrogen-bond donors (Lipinski definition) is 8. The van der Waals surface area contributed by atoms with Gasteiger partial charge in [-0.15, -0.1) is 0 Å². The molecule has 1 aliphatic carbocycles. The molecular formula is C80H56Cl4N4O12. The van der Waals surface area contributed by atoms with E-state index in [1.165, 1.54) is 146 Å². The van der Waals surface area contributed by atoms with Crippen molar-refractivity contribution >= 4 is 92.8 Å². The number of phenols is 4. The Hall–Kier alpha value is -11.3. The first kappa shape index (κ1) is 67.3. The predicted molar refractivity (Wildman–Crippen MR) is 382 cm³/mol. The molecule has 12 aromatic rings. The second-order valence-corrected chi connectivity index (χ2v) is 25.5. The fraction of sp³-hybridized carbons (Fsp3) is 0.0500. The number of carbonyl (C=O) groups is 4. The number of carbonyl (C=O) groups excluding carboxylic acids is 4. The third kappa shape index (κ3) is 13.1. The molecule has 0 radical (unpaired) electrons. The Labute approximate surface area is 592 Å². The number of halogens is 4. The van der Waals surface area contributed by atoms with Crippen molar-refractivity contribution < 1.29 is 60.4 Å². The molecule has 13 rings (SSSR count). The summed E-state index contributed by atoms with van der Waals surface area (Å²) in [5.74, 6) is -12.6. The first-order chi connectivity index (χ1) is 48.2. The van der Waals surface area contributed by atoms with Crippen molar-refractivity contribution in [3.05, 3.63) is 376 Å². The van der Waals surface area contributed by atoms with E-state index >= 15 is 19.2 Å². The zero-order valence-corrected chi connectivity index (χ0v) is 55.2. The zero-order chi connectivity index (χ0) is 70.2. The topological polar surface area (TPSA) is 243 Å². The molecular weight excluding hydrogens is 1350 g/mol. The molecule has 12 aromatic carbocycles. The van der Waals surface area contributed by atoms with Crippen molar-refractivity contribution in [2.75, 3.05) is 20.3 Å². The average molecular weight is 1410 g/mol. The summed E-state index contributed by atoms with van der Waals surface area (Å²) in [6, 6.07) is 66.9. The first-order valence-corrected chi connectivity index (χ1v) is 32.6. The molecule has 0 saturated carbocycles. The SMILES string of the molecule is O=C(c1cc2c(O)c(c1)C(c1ccccc1)c1cc(C(=O)N(O)c3ccc(Cl)cc3)cc(c1O)C(c1ccccc1)c1cc(C(=O)N(O)c3ccc(Cl)cc3)cc(c1O)C(c1ccccc1)c1cc(C(=O)N(O)c3ccc(Cl)cc3)cc(c1O)C2c1ccccc1)N(O)c1ccc(Cl)cc1. The maximum atomic E-state index is 15.5. The van der Waals surface area contributed by atoms with E-state index in [0.29, 0.717) is 42.5 Å². The maximum absolute atomic E-state index is 15.5. The number of hydroxylamine groups is 4. The fourth-order valence-corrected chi connectivity index (χ4v) is 13.5. The van der Waals surface area contributed by atoms with Gasteiger partial charge in [-0.1, -0.05) is 168 Å². The second-order valence-electron chi connectivity index (χ2n) is 23.8. The van der Waals surface area contributed by atoms with Crippen LogP contribution in [0.25, 0.3) is 0 Å². The van der Waals surface area contributed by atoms with Crippen molar-refractivity contribution in [2.24, 2.45) is 0 Å². The van der Waals surface area contributed by atoms with Crippen LogP contribution in [-0.4, -0.2) is 64.9 Å². The highest BCUT2D eigenvalue weighted by Gasteiger charge is 2.39. The van der Waals surface area contributed by atoms with Gasteiger partial charge in [0.1, 0.15) is 23.0 Å². The Morgan fingerprint density at radius 2 is 0.390 bits per heavy atom. The van der Waals surface area contributed by atoms with Gasteiger partial charge in [0.05, 0.1) is 22.7 Å². The summed E-state index contributed by atoms with van der Waals surface area (Å²) in [5, 5.41) is 107. The van der Waals surface area contributed by atoms with Gasteiger partial charge in [-0.25, -0.2) is 0 Å². The molecule has 0 heterocycles. The van der Waals surface area contributed by atoms with Gasteiger partial charge < -0.3 is 20.4 Å². The summed E-state index contributed by atoms with van der Waals surface area (Å²) >= 11 is 25.3. The molecule has 8 bridgehead atoms. The van der Waals surface area contributed by atoms with Gasteiger partial charge in [-0.05, 0) is 168 Å². The van der Waals surface area contributed by atoms with Gasteiger partial charge in [0.2, 0.25) is 0 Å².